The van der Waals surface area contributed by atoms with Gasteiger partial charge in [0.05, 0.1) is 12.0 Å². The van der Waals surface area contributed by atoms with Crippen molar-refractivity contribution in [2.24, 2.45) is 5.92 Å². The fourth-order valence-corrected chi connectivity index (χ4v) is 5.13. The number of nitriles is 1. The van der Waals surface area contributed by atoms with Crippen LogP contribution >= 0.6 is 11.3 Å². The maximum Gasteiger partial charge on any atom is 0.310 e. The highest BCUT2D eigenvalue weighted by atomic mass is 32.1. The van der Waals surface area contributed by atoms with Crippen molar-refractivity contribution < 1.29 is 14.3 Å². The standard InChI is InChI=1S/C22H21N3O3S/c1-13-6-7-16-17(10-23)22(29-19(16)8-13)25-20(26)12-28-21(27)9-14-11-24-18-5-3-2-4-15(14)18/h2-5,11,13,24H,6-9,12H2,1H3,(H,25,26)/t13-/m0/s1. The Bertz CT molecular complexity index is 1120. The summed E-state index contributed by atoms with van der Waals surface area (Å²) < 4.78 is 5.15. The van der Waals surface area contributed by atoms with Crippen molar-refractivity contribution in [2.45, 2.75) is 32.6 Å². The first-order chi connectivity index (χ1) is 14.0. The Labute approximate surface area is 172 Å². The van der Waals surface area contributed by atoms with Gasteiger partial charge < -0.3 is 15.0 Å². The van der Waals surface area contributed by atoms with Crippen molar-refractivity contribution in [1.82, 2.24) is 4.98 Å². The minimum Gasteiger partial charge on any atom is -0.455 e. The average Bonchev–Trinajstić information content (AvgIpc) is 3.26. The number of carbonyl (C=O) groups excluding carboxylic acids is 2. The molecule has 1 aliphatic carbocycles. The highest BCUT2D eigenvalue weighted by Gasteiger charge is 2.24. The quantitative estimate of drug-likeness (QED) is 0.626. The summed E-state index contributed by atoms with van der Waals surface area (Å²) in [5, 5.41) is 13.8. The van der Waals surface area contributed by atoms with Crippen LogP contribution in [-0.4, -0.2) is 23.5 Å². The molecule has 0 aliphatic heterocycles. The SMILES string of the molecule is C[C@H]1CCc2c(sc(NC(=O)COC(=O)Cc3c[nH]c4ccccc34)c2C#N)C1. The molecule has 0 fully saturated rings. The lowest BCUT2D eigenvalue weighted by atomic mass is 9.89. The summed E-state index contributed by atoms with van der Waals surface area (Å²) in [4.78, 5) is 28.7. The summed E-state index contributed by atoms with van der Waals surface area (Å²) in [6.45, 7) is 1.82. The molecular formula is C22H21N3O3S. The molecular weight excluding hydrogens is 386 g/mol. The average molecular weight is 407 g/mol. The molecule has 0 radical (unpaired) electrons. The minimum absolute atomic E-state index is 0.0892. The molecule has 7 heteroatoms. The molecule has 2 aromatic heterocycles. The molecule has 1 atom stereocenters. The van der Waals surface area contributed by atoms with Gasteiger partial charge in [-0.2, -0.15) is 5.26 Å². The van der Waals surface area contributed by atoms with Gasteiger partial charge in [0.2, 0.25) is 0 Å². The Morgan fingerprint density at radius 2 is 2.21 bits per heavy atom. The molecule has 1 amide bonds. The van der Waals surface area contributed by atoms with E-state index in [2.05, 4.69) is 23.3 Å². The molecule has 3 aromatic rings. The molecule has 0 saturated heterocycles. The van der Waals surface area contributed by atoms with E-state index in [4.69, 9.17) is 4.74 Å². The van der Waals surface area contributed by atoms with Crippen LogP contribution in [0.1, 0.15) is 34.9 Å². The molecule has 0 bridgehead atoms. The number of thiophene rings is 1. The molecule has 0 spiro atoms. The van der Waals surface area contributed by atoms with E-state index in [0.29, 0.717) is 16.5 Å². The normalized spacial score (nSPS) is 15.5. The van der Waals surface area contributed by atoms with Gasteiger partial charge in [0.15, 0.2) is 6.61 Å². The van der Waals surface area contributed by atoms with Gasteiger partial charge in [-0.25, -0.2) is 0 Å². The molecule has 6 nitrogen and oxygen atoms in total. The topological polar surface area (TPSA) is 95.0 Å². The summed E-state index contributed by atoms with van der Waals surface area (Å²) in [5.74, 6) is -0.313. The van der Waals surface area contributed by atoms with Crippen LogP contribution in [0.25, 0.3) is 10.9 Å². The maximum absolute atomic E-state index is 12.3. The van der Waals surface area contributed by atoms with Crippen molar-refractivity contribution in [3.8, 4) is 6.07 Å². The highest BCUT2D eigenvalue weighted by molar-refractivity contribution is 7.16. The first-order valence-corrected chi connectivity index (χ1v) is 10.4. The summed E-state index contributed by atoms with van der Waals surface area (Å²) >= 11 is 1.46. The van der Waals surface area contributed by atoms with Gasteiger partial charge in [-0.1, -0.05) is 25.1 Å². The first-order valence-electron chi connectivity index (χ1n) is 9.60. The number of hydrogen-bond acceptors (Lipinski definition) is 5. The van der Waals surface area contributed by atoms with Gasteiger partial charge in [0, 0.05) is 22.0 Å². The fraction of sp³-hybridized carbons (Fsp3) is 0.318. The number of nitrogens with one attached hydrogen (secondary N) is 2. The van der Waals surface area contributed by atoms with Gasteiger partial charge in [-0.15, -0.1) is 11.3 Å². The van der Waals surface area contributed by atoms with Crippen LogP contribution < -0.4 is 5.32 Å². The van der Waals surface area contributed by atoms with Crippen LogP contribution in [0.4, 0.5) is 5.00 Å². The number of anilines is 1. The second kappa shape index (κ2) is 8.10. The summed E-state index contributed by atoms with van der Waals surface area (Å²) in [5.41, 5.74) is 3.39. The molecule has 0 unspecified atom stereocenters. The number of carbonyl (C=O) groups is 2. The van der Waals surface area contributed by atoms with E-state index >= 15 is 0 Å². The van der Waals surface area contributed by atoms with E-state index in [1.54, 1.807) is 6.20 Å². The Balaban J connectivity index is 1.36. The predicted molar refractivity (Wildman–Crippen MR) is 112 cm³/mol. The first kappa shape index (κ1) is 19.2. The number of nitrogens with zero attached hydrogens (tertiary/aromatic N) is 1. The monoisotopic (exact) mass is 407 g/mol. The second-order valence-electron chi connectivity index (χ2n) is 7.41. The van der Waals surface area contributed by atoms with E-state index in [-0.39, 0.29) is 13.0 Å². The lowest BCUT2D eigenvalue weighted by molar-refractivity contribution is -0.146. The Kier molecular flexibility index (Phi) is 5.36. The Morgan fingerprint density at radius 3 is 3.03 bits per heavy atom. The molecule has 2 N–H and O–H groups in total. The third kappa shape index (κ3) is 4.03. The van der Waals surface area contributed by atoms with Gasteiger partial charge >= 0.3 is 5.97 Å². The van der Waals surface area contributed by atoms with Crippen molar-refractivity contribution in [3.63, 3.8) is 0 Å². The third-order valence-electron chi connectivity index (χ3n) is 5.25. The van der Waals surface area contributed by atoms with Crippen LogP contribution in [0, 0.1) is 17.2 Å². The molecule has 1 aromatic carbocycles. The number of para-hydroxylation sites is 1. The zero-order valence-electron chi connectivity index (χ0n) is 16.1. The maximum atomic E-state index is 12.3. The summed E-state index contributed by atoms with van der Waals surface area (Å²) in [6, 6.07) is 9.92. The smallest absolute Gasteiger partial charge is 0.310 e. The highest BCUT2D eigenvalue weighted by Crippen LogP contribution is 2.39. The largest absolute Gasteiger partial charge is 0.455 e. The molecule has 1 aliphatic rings. The number of esters is 1. The van der Waals surface area contributed by atoms with E-state index in [1.807, 2.05) is 24.3 Å². The number of amides is 1. The zero-order valence-corrected chi connectivity index (χ0v) is 16.9. The lowest BCUT2D eigenvalue weighted by Gasteiger charge is -2.17. The Morgan fingerprint density at radius 1 is 1.38 bits per heavy atom. The van der Waals surface area contributed by atoms with Gasteiger partial charge in [0.1, 0.15) is 11.1 Å². The second-order valence-corrected chi connectivity index (χ2v) is 8.52. The van der Waals surface area contributed by atoms with Crippen molar-refractivity contribution in [1.29, 1.82) is 5.26 Å². The van der Waals surface area contributed by atoms with Crippen molar-refractivity contribution in [2.75, 3.05) is 11.9 Å². The number of aromatic amines is 1. The van der Waals surface area contributed by atoms with Crippen molar-refractivity contribution >= 4 is 39.1 Å². The molecule has 0 saturated carbocycles. The van der Waals surface area contributed by atoms with Gasteiger partial charge in [-0.3, -0.25) is 9.59 Å². The van der Waals surface area contributed by atoms with Gasteiger partial charge in [-0.05, 0) is 42.4 Å². The third-order valence-corrected chi connectivity index (χ3v) is 6.42. The van der Waals surface area contributed by atoms with E-state index < -0.39 is 11.9 Å². The number of benzene rings is 1. The van der Waals surface area contributed by atoms with Crippen molar-refractivity contribution in [3.05, 3.63) is 52.0 Å². The summed E-state index contributed by atoms with van der Waals surface area (Å²) in [7, 11) is 0. The minimum atomic E-state index is -0.468. The van der Waals surface area contributed by atoms with E-state index in [0.717, 1.165) is 41.3 Å². The molecule has 148 valence electrons. The molecule has 4 rings (SSSR count). The predicted octanol–water partition coefficient (Wildman–Crippen LogP) is 3.95. The van der Waals surface area contributed by atoms with Crippen LogP contribution in [0.5, 0.6) is 0 Å². The molecule has 2 heterocycles. The lowest BCUT2D eigenvalue weighted by Crippen LogP contribution is -2.21. The fourth-order valence-electron chi connectivity index (χ4n) is 3.75. The van der Waals surface area contributed by atoms with E-state index in [9.17, 15) is 14.9 Å². The van der Waals surface area contributed by atoms with Gasteiger partial charge in [0.25, 0.3) is 5.91 Å². The number of H-pyrrole nitrogens is 1. The van der Waals surface area contributed by atoms with Crippen LogP contribution in [-0.2, 0) is 33.6 Å². The number of aromatic nitrogens is 1. The van der Waals surface area contributed by atoms with Crippen LogP contribution in [0.15, 0.2) is 30.5 Å². The zero-order chi connectivity index (χ0) is 20.4. The van der Waals surface area contributed by atoms with Crippen LogP contribution in [0.3, 0.4) is 0 Å². The number of hydrogen-bond donors (Lipinski definition) is 2. The summed E-state index contributed by atoms with van der Waals surface area (Å²) in [6.07, 6.45) is 4.72. The number of rotatable bonds is 5. The van der Waals surface area contributed by atoms with E-state index in [1.165, 1.54) is 16.2 Å². The van der Waals surface area contributed by atoms with Crippen LogP contribution in [0.2, 0.25) is 0 Å². The number of ether oxygens (including phenoxy) is 1. The Hall–Kier alpha value is -3.11. The molecule has 29 heavy (non-hydrogen) atoms. The number of fused-ring (bicyclic) bond motifs is 2.